The molecular formula is C19H17F3N2O2S. The van der Waals surface area contributed by atoms with E-state index in [4.69, 9.17) is 0 Å². The minimum absolute atomic E-state index is 0.0843. The van der Waals surface area contributed by atoms with Gasteiger partial charge in [0.05, 0.1) is 17.8 Å². The van der Waals surface area contributed by atoms with Gasteiger partial charge in [0.2, 0.25) is 0 Å². The molecule has 0 saturated carbocycles. The van der Waals surface area contributed by atoms with Crippen LogP contribution in [0.5, 0.6) is 0 Å². The smallest absolute Gasteiger partial charge is 0.365 e. The maximum absolute atomic E-state index is 12.8. The van der Waals surface area contributed by atoms with Gasteiger partial charge in [0.1, 0.15) is 0 Å². The van der Waals surface area contributed by atoms with Crippen molar-refractivity contribution in [3.8, 4) is 0 Å². The molecule has 142 valence electrons. The number of rotatable bonds is 3. The molecule has 0 saturated heterocycles. The van der Waals surface area contributed by atoms with Gasteiger partial charge in [-0.1, -0.05) is 41.6 Å². The van der Waals surface area contributed by atoms with Crippen LogP contribution in [0.15, 0.2) is 58.6 Å². The van der Waals surface area contributed by atoms with Crippen LogP contribution >= 0.6 is 11.8 Å². The summed E-state index contributed by atoms with van der Waals surface area (Å²) in [5, 5.41) is 13.0. The molecule has 0 spiro atoms. The summed E-state index contributed by atoms with van der Waals surface area (Å²) in [6, 6.07) is 15.4. The minimum atomic E-state index is -4.89. The molecule has 0 aliphatic carbocycles. The van der Waals surface area contributed by atoms with Gasteiger partial charge in [0, 0.05) is 23.7 Å². The number of alkyl halides is 3. The second kappa shape index (κ2) is 6.76. The lowest BCUT2D eigenvalue weighted by molar-refractivity contribution is -0.355. The number of oxime groups is 1. The normalized spacial score (nSPS) is 22.2. The Bertz CT molecular complexity index is 870. The average Bonchev–Trinajstić information content (AvgIpc) is 3.06. The number of para-hydroxylation sites is 1. The fraction of sp³-hybridized carbons (Fsp3) is 0.316. The lowest BCUT2D eigenvalue weighted by Gasteiger charge is -2.30. The van der Waals surface area contributed by atoms with Crippen molar-refractivity contribution in [3.63, 3.8) is 0 Å². The van der Waals surface area contributed by atoms with E-state index in [1.807, 2.05) is 36.0 Å². The molecule has 1 N–H and O–H groups in total. The van der Waals surface area contributed by atoms with Crippen LogP contribution in [0.4, 0.5) is 18.9 Å². The first-order valence-corrected chi connectivity index (χ1v) is 9.44. The van der Waals surface area contributed by atoms with Gasteiger partial charge >= 0.3 is 12.0 Å². The Morgan fingerprint density at radius 2 is 1.89 bits per heavy atom. The van der Waals surface area contributed by atoms with Crippen molar-refractivity contribution in [2.45, 2.75) is 29.8 Å². The van der Waals surface area contributed by atoms with Crippen molar-refractivity contribution >= 4 is 23.2 Å². The predicted octanol–water partition coefficient (Wildman–Crippen LogP) is 4.17. The molecular weight excluding hydrogens is 377 g/mol. The van der Waals surface area contributed by atoms with Crippen LogP contribution < -0.4 is 4.90 Å². The largest absolute Gasteiger partial charge is 0.458 e. The van der Waals surface area contributed by atoms with Crippen molar-refractivity contribution in [1.82, 2.24) is 0 Å². The Morgan fingerprint density at radius 1 is 1.15 bits per heavy atom. The highest BCUT2D eigenvalue weighted by molar-refractivity contribution is 7.99. The number of fused-ring (bicyclic) bond motifs is 1. The fourth-order valence-electron chi connectivity index (χ4n) is 3.14. The lowest BCUT2D eigenvalue weighted by Crippen LogP contribution is -2.45. The van der Waals surface area contributed by atoms with Crippen LogP contribution in [0.2, 0.25) is 0 Å². The Kier molecular flexibility index (Phi) is 4.55. The van der Waals surface area contributed by atoms with Gasteiger partial charge in [-0.3, -0.25) is 0 Å². The summed E-state index contributed by atoms with van der Waals surface area (Å²) >= 11 is 1.84. The molecule has 8 heteroatoms. The van der Waals surface area contributed by atoms with Crippen molar-refractivity contribution in [1.29, 1.82) is 0 Å². The molecule has 0 radical (unpaired) electrons. The monoisotopic (exact) mass is 394 g/mol. The van der Waals surface area contributed by atoms with E-state index in [9.17, 15) is 18.3 Å². The van der Waals surface area contributed by atoms with E-state index < -0.39 is 18.4 Å². The van der Waals surface area contributed by atoms with E-state index >= 15 is 0 Å². The number of benzene rings is 2. The highest BCUT2D eigenvalue weighted by Gasteiger charge is 2.60. The van der Waals surface area contributed by atoms with Crippen LogP contribution in [-0.2, 0) is 11.4 Å². The first kappa shape index (κ1) is 18.2. The summed E-state index contributed by atoms with van der Waals surface area (Å²) in [6.07, 6.45) is -5.61. The van der Waals surface area contributed by atoms with Crippen molar-refractivity contribution in [3.05, 3.63) is 59.7 Å². The summed E-state index contributed by atoms with van der Waals surface area (Å²) in [7, 11) is 0. The minimum Gasteiger partial charge on any atom is -0.365 e. The molecule has 27 heavy (non-hydrogen) atoms. The summed E-state index contributed by atoms with van der Waals surface area (Å²) in [5.41, 5.74) is 2.84. The van der Waals surface area contributed by atoms with Crippen LogP contribution in [0.25, 0.3) is 0 Å². The molecule has 0 fully saturated rings. The molecule has 2 heterocycles. The Labute approximate surface area is 158 Å². The fourth-order valence-corrected chi connectivity index (χ4v) is 4.19. The molecule has 2 aromatic rings. The third kappa shape index (κ3) is 3.51. The molecule has 2 aliphatic rings. The molecule has 1 unspecified atom stereocenters. The van der Waals surface area contributed by atoms with Gasteiger partial charge in [-0.05, 0) is 23.3 Å². The molecule has 1 atom stereocenters. The van der Waals surface area contributed by atoms with E-state index in [0.717, 1.165) is 17.9 Å². The van der Waals surface area contributed by atoms with Gasteiger partial charge in [-0.15, -0.1) is 11.8 Å². The third-order valence-electron chi connectivity index (χ3n) is 4.64. The van der Waals surface area contributed by atoms with Gasteiger partial charge in [-0.2, -0.15) is 13.2 Å². The van der Waals surface area contributed by atoms with Crippen molar-refractivity contribution in [2.75, 3.05) is 17.2 Å². The Hall–Kier alpha value is -2.19. The molecule has 0 bridgehead atoms. The van der Waals surface area contributed by atoms with E-state index in [2.05, 4.69) is 27.0 Å². The van der Waals surface area contributed by atoms with Gasteiger partial charge < -0.3 is 14.8 Å². The SMILES string of the molecule is OC1(C(F)(F)F)CC(c2ccc(CN3CCSc4ccccc43)cc2)=NO1. The van der Waals surface area contributed by atoms with E-state index in [1.54, 1.807) is 12.1 Å². The highest BCUT2D eigenvalue weighted by atomic mass is 32.2. The zero-order valence-electron chi connectivity index (χ0n) is 14.2. The number of nitrogens with zero attached hydrogens (tertiary/aromatic N) is 2. The summed E-state index contributed by atoms with van der Waals surface area (Å²) in [6.45, 7) is 1.65. The topological polar surface area (TPSA) is 45.1 Å². The first-order chi connectivity index (χ1) is 12.9. The molecule has 4 nitrogen and oxygen atoms in total. The highest BCUT2D eigenvalue weighted by Crippen LogP contribution is 2.39. The maximum atomic E-state index is 12.8. The maximum Gasteiger partial charge on any atom is 0.458 e. The quantitative estimate of drug-likeness (QED) is 0.849. The number of hydrogen-bond acceptors (Lipinski definition) is 5. The number of hydrogen-bond donors (Lipinski definition) is 1. The van der Waals surface area contributed by atoms with E-state index in [1.165, 1.54) is 10.6 Å². The molecule has 2 aromatic carbocycles. The molecule has 2 aliphatic heterocycles. The third-order valence-corrected chi connectivity index (χ3v) is 5.69. The van der Waals surface area contributed by atoms with Crippen LogP contribution in [0.3, 0.4) is 0 Å². The van der Waals surface area contributed by atoms with Crippen LogP contribution in [-0.4, -0.2) is 35.1 Å². The summed E-state index contributed by atoms with van der Waals surface area (Å²) < 4.78 is 38.5. The Morgan fingerprint density at radius 3 is 2.59 bits per heavy atom. The number of aliphatic hydroxyl groups is 1. The average molecular weight is 394 g/mol. The molecule has 0 amide bonds. The summed E-state index contributed by atoms with van der Waals surface area (Å²) in [4.78, 5) is 7.82. The van der Waals surface area contributed by atoms with Gasteiger partial charge in [0.25, 0.3) is 0 Å². The second-order valence-corrected chi connectivity index (χ2v) is 7.66. The molecule has 4 rings (SSSR count). The Balaban J connectivity index is 1.47. The standard InChI is InChI=1S/C19H17F3N2O2S/c20-19(21,22)18(25)11-15(23-26-18)14-7-5-13(6-8-14)12-24-9-10-27-17-4-2-1-3-16(17)24/h1-8,25H,9-12H2. The number of thioether (sulfide) groups is 1. The lowest BCUT2D eigenvalue weighted by atomic mass is 10.0. The zero-order valence-corrected chi connectivity index (χ0v) is 15.1. The van der Waals surface area contributed by atoms with E-state index in [-0.39, 0.29) is 5.71 Å². The first-order valence-electron chi connectivity index (χ1n) is 8.46. The summed E-state index contributed by atoms with van der Waals surface area (Å²) in [5.74, 6) is -2.23. The molecule has 0 aromatic heterocycles. The predicted molar refractivity (Wildman–Crippen MR) is 97.9 cm³/mol. The van der Waals surface area contributed by atoms with Gasteiger partial charge in [0.15, 0.2) is 0 Å². The van der Waals surface area contributed by atoms with E-state index in [0.29, 0.717) is 12.1 Å². The van der Waals surface area contributed by atoms with Crippen molar-refractivity contribution < 1.29 is 23.1 Å². The zero-order chi connectivity index (χ0) is 19.1. The van der Waals surface area contributed by atoms with Crippen LogP contribution in [0, 0.1) is 0 Å². The number of halogens is 3. The van der Waals surface area contributed by atoms with Gasteiger partial charge in [-0.25, -0.2) is 0 Å². The second-order valence-electron chi connectivity index (χ2n) is 6.52. The van der Waals surface area contributed by atoms with Crippen molar-refractivity contribution in [2.24, 2.45) is 5.16 Å². The number of anilines is 1. The van der Waals surface area contributed by atoms with Crippen LogP contribution in [0.1, 0.15) is 17.5 Å².